The molecule has 0 N–H and O–H groups in total. The van der Waals surface area contributed by atoms with E-state index in [1.807, 2.05) is 60.7 Å². The molecule has 0 spiro atoms. The molecule has 0 saturated heterocycles. The van der Waals surface area contributed by atoms with E-state index in [0.29, 0.717) is 0 Å². The van der Waals surface area contributed by atoms with Gasteiger partial charge in [0.25, 0.3) is 0 Å². The number of rotatable bonds is 2. The molecule has 88 valence electrons. The lowest BCUT2D eigenvalue weighted by molar-refractivity contribution is 0.435. The van der Waals surface area contributed by atoms with E-state index in [1.165, 1.54) is 0 Å². The first-order valence-corrected chi connectivity index (χ1v) is 6.40. The van der Waals surface area contributed by atoms with Crippen LogP contribution in [0.25, 0.3) is 22.6 Å². The van der Waals surface area contributed by atoms with Crippen molar-refractivity contribution in [1.82, 2.24) is 5.16 Å². The Morgan fingerprint density at radius 1 is 0.833 bits per heavy atom. The van der Waals surface area contributed by atoms with Crippen molar-refractivity contribution in [2.45, 2.75) is 0 Å². The fourth-order valence-electron chi connectivity index (χ4n) is 1.77. The van der Waals surface area contributed by atoms with Gasteiger partial charge in [-0.25, -0.2) is 0 Å². The zero-order valence-electron chi connectivity index (χ0n) is 9.51. The van der Waals surface area contributed by atoms with Gasteiger partial charge in [-0.15, -0.1) is 0 Å². The van der Waals surface area contributed by atoms with Gasteiger partial charge in [0, 0.05) is 21.7 Å². The third kappa shape index (κ3) is 2.22. The highest BCUT2D eigenvalue weighted by molar-refractivity contribution is 9.10. The van der Waals surface area contributed by atoms with E-state index in [4.69, 9.17) is 4.52 Å². The maximum absolute atomic E-state index is 5.37. The molecule has 0 bridgehead atoms. The Morgan fingerprint density at radius 3 is 2.28 bits per heavy atom. The van der Waals surface area contributed by atoms with E-state index < -0.39 is 0 Å². The summed E-state index contributed by atoms with van der Waals surface area (Å²) in [6, 6.07) is 19.9. The van der Waals surface area contributed by atoms with Crippen molar-refractivity contribution in [3.05, 3.63) is 65.1 Å². The Bertz CT molecular complexity index is 644. The number of benzene rings is 2. The Labute approximate surface area is 113 Å². The van der Waals surface area contributed by atoms with Crippen molar-refractivity contribution >= 4 is 15.9 Å². The number of hydrogen-bond donors (Lipinski definition) is 0. The van der Waals surface area contributed by atoms with Gasteiger partial charge in [-0.1, -0.05) is 63.6 Å². The highest BCUT2D eigenvalue weighted by Crippen LogP contribution is 2.26. The molecule has 0 radical (unpaired) electrons. The van der Waals surface area contributed by atoms with Gasteiger partial charge in [-0.2, -0.15) is 0 Å². The Kier molecular flexibility index (Phi) is 2.99. The van der Waals surface area contributed by atoms with E-state index in [0.717, 1.165) is 27.1 Å². The molecule has 0 aliphatic carbocycles. The number of nitrogens with zero attached hydrogens (tertiary/aromatic N) is 1. The first-order valence-electron chi connectivity index (χ1n) is 5.61. The molecule has 0 fully saturated rings. The molecule has 18 heavy (non-hydrogen) atoms. The molecule has 0 aliphatic rings. The monoisotopic (exact) mass is 299 g/mol. The van der Waals surface area contributed by atoms with Gasteiger partial charge in [0.2, 0.25) is 0 Å². The van der Waals surface area contributed by atoms with Crippen LogP contribution >= 0.6 is 15.9 Å². The lowest BCUT2D eigenvalue weighted by Gasteiger charge is -1.94. The minimum absolute atomic E-state index is 0.786. The van der Waals surface area contributed by atoms with Crippen molar-refractivity contribution < 1.29 is 4.52 Å². The molecule has 0 atom stereocenters. The van der Waals surface area contributed by atoms with Crippen LogP contribution in [0.4, 0.5) is 0 Å². The molecule has 3 heteroatoms. The number of hydrogen-bond acceptors (Lipinski definition) is 2. The average Bonchev–Trinajstić information content (AvgIpc) is 2.90. The molecule has 2 aromatic carbocycles. The van der Waals surface area contributed by atoms with Crippen LogP contribution in [0.3, 0.4) is 0 Å². The summed E-state index contributed by atoms with van der Waals surface area (Å²) in [7, 11) is 0. The lowest BCUT2D eigenvalue weighted by atomic mass is 10.1. The van der Waals surface area contributed by atoms with Gasteiger partial charge < -0.3 is 4.52 Å². The number of aromatic nitrogens is 1. The summed E-state index contributed by atoms with van der Waals surface area (Å²) in [5, 5.41) is 4.10. The predicted molar refractivity (Wildman–Crippen MR) is 75.1 cm³/mol. The molecule has 0 unspecified atom stereocenters. The van der Waals surface area contributed by atoms with Crippen LogP contribution in [0.15, 0.2) is 69.7 Å². The molecular weight excluding hydrogens is 290 g/mol. The van der Waals surface area contributed by atoms with Crippen LogP contribution in [0.5, 0.6) is 0 Å². The predicted octanol–water partition coefficient (Wildman–Crippen LogP) is 4.77. The second-order valence-electron chi connectivity index (χ2n) is 3.95. The van der Waals surface area contributed by atoms with E-state index in [2.05, 4.69) is 21.1 Å². The molecule has 3 rings (SSSR count). The summed E-state index contributed by atoms with van der Waals surface area (Å²) >= 11 is 3.42. The van der Waals surface area contributed by atoms with Crippen LogP contribution in [0.1, 0.15) is 0 Å². The van der Waals surface area contributed by atoms with Crippen LogP contribution in [-0.2, 0) is 0 Å². The van der Waals surface area contributed by atoms with Gasteiger partial charge in [0.1, 0.15) is 5.69 Å². The smallest absolute Gasteiger partial charge is 0.167 e. The summed E-state index contributed by atoms with van der Waals surface area (Å²) in [5.41, 5.74) is 2.93. The maximum atomic E-state index is 5.37. The fourth-order valence-corrected chi connectivity index (χ4v) is 2.03. The van der Waals surface area contributed by atoms with Gasteiger partial charge in [0.05, 0.1) is 0 Å². The Balaban J connectivity index is 1.97. The second kappa shape index (κ2) is 4.78. The molecule has 0 amide bonds. The van der Waals surface area contributed by atoms with Gasteiger partial charge in [-0.05, 0) is 12.1 Å². The van der Waals surface area contributed by atoms with E-state index in [-0.39, 0.29) is 0 Å². The summed E-state index contributed by atoms with van der Waals surface area (Å²) in [4.78, 5) is 0. The quantitative estimate of drug-likeness (QED) is 0.681. The normalized spacial score (nSPS) is 10.5. The fraction of sp³-hybridized carbons (Fsp3) is 0. The second-order valence-corrected chi connectivity index (χ2v) is 4.86. The summed E-state index contributed by atoms with van der Waals surface area (Å²) in [5.74, 6) is 0.786. The zero-order chi connectivity index (χ0) is 12.4. The van der Waals surface area contributed by atoms with Crippen LogP contribution in [0.2, 0.25) is 0 Å². The summed E-state index contributed by atoms with van der Waals surface area (Å²) in [6.07, 6.45) is 0. The topological polar surface area (TPSA) is 26.0 Å². The number of halogens is 1. The lowest BCUT2D eigenvalue weighted by Crippen LogP contribution is -1.75. The minimum Gasteiger partial charge on any atom is -0.356 e. The Morgan fingerprint density at radius 2 is 1.56 bits per heavy atom. The van der Waals surface area contributed by atoms with Crippen LogP contribution in [-0.4, -0.2) is 5.16 Å². The molecule has 3 aromatic rings. The van der Waals surface area contributed by atoms with Gasteiger partial charge in [-0.3, -0.25) is 0 Å². The van der Waals surface area contributed by atoms with Crippen molar-refractivity contribution in [2.24, 2.45) is 0 Å². The summed E-state index contributed by atoms with van der Waals surface area (Å²) in [6.45, 7) is 0. The third-order valence-electron chi connectivity index (χ3n) is 2.71. The molecular formula is C15H10BrNO. The maximum Gasteiger partial charge on any atom is 0.167 e. The molecule has 1 heterocycles. The molecule has 2 nitrogen and oxygen atoms in total. The van der Waals surface area contributed by atoms with Crippen molar-refractivity contribution in [2.75, 3.05) is 0 Å². The standard InChI is InChI=1S/C15H10BrNO/c16-13-8-6-11(7-9-13)14-10-15(18-17-14)12-4-2-1-3-5-12/h1-10H. The van der Waals surface area contributed by atoms with E-state index in [9.17, 15) is 0 Å². The highest BCUT2D eigenvalue weighted by Gasteiger charge is 2.07. The third-order valence-corrected chi connectivity index (χ3v) is 3.24. The van der Waals surface area contributed by atoms with Crippen LogP contribution < -0.4 is 0 Å². The van der Waals surface area contributed by atoms with Crippen LogP contribution in [0, 0.1) is 0 Å². The van der Waals surface area contributed by atoms with Crippen molar-refractivity contribution in [3.8, 4) is 22.6 Å². The van der Waals surface area contributed by atoms with Gasteiger partial charge >= 0.3 is 0 Å². The summed E-state index contributed by atoms with van der Waals surface area (Å²) < 4.78 is 6.43. The Hall–Kier alpha value is -1.87. The van der Waals surface area contributed by atoms with E-state index >= 15 is 0 Å². The first-order chi connectivity index (χ1) is 8.83. The zero-order valence-corrected chi connectivity index (χ0v) is 11.1. The largest absolute Gasteiger partial charge is 0.356 e. The molecule has 0 saturated carbocycles. The van der Waals surface area contributed by atoms with Crippen molar-refractivity contribution in [3.63, 3.8) is 0 Å². The molecule has 1 aromatic heterocycles. The average molecular weight is 300 g/mol. The SMILES string of the molecule is Brc1ccc(-c2cc(-c3ccccc3)on2)cc1. The first kappa shape index (κ1) is 11.2. The minimum atomic E-state index is 0.786. The molecule has 0 aliphatic heterocycles. The van der Waals surface area contributed by atoms with Crippen molar-refractivity contribution in [1.29, 1.82) is 0 Å². The van der Waals surface area contributed by atoms with E-state index in [1.54, 1.807) is 0 Å². The highest BCUT2D eigenvalue weighted by atomic mass is 79.9. The van der Waals surface area contributed by atoms with Gasteiger partial charge in [0.15, 0.2) is 5.76 Å².